The van der Waals surface area contributed by atoms with Gasteiger partial charge in [0.05, 0.1) is 5.56 Å². The first-order valence-corrected chi connectivity index (χ1v) is 4.41. The Kier molecular flexibility index (Phi) is 3.72. The lowest BCUT2D eigenvalue weighted by molar-refractivity contribution is -0.139. The second kappa shape index (κ2) is 5.03. The van der Waals surface area contributed by atoms with Gasteiger partial charge in [0, 0.05) is 12.5 Å². The number of benzene rings is 1. The molecular formula is C11H8FNO3. The lowest BCUT2D eigenvalue weighted by atomic mass is 10.0. The van der Waals surface area contributed by atoms with Crippen LogP contribution in [0.3, 0.4) is 0 Å². The Hall–Kier alpha value is -2.22. The van der Waals surface area contributed by atoms with Crippen LogP contribution in [-0.2, 0) is 9.53 Å². The van der Waals surface area contributed by atoms with E-state index >= 15 is 0 Å². The van der Waals surface area contributed by atoms with Crippen LogP contribution in [0.4, 0.5) is 4.39 Å². The zero-order valence-electron chi connectivity index (χ0n) is 8.49. The molecule has 5 heteroatoms. The van der Waals surface area contributed by atoms with Crippen molar-refractivity contribution in [1.82, 2.24) is 0 Å². The number of ketones is 1. The fraction of sp³-hybridized carbons (Fsp3) is 0.182. The number of esters is 1. The number of rotatable bonds is 3. The van der Waals surface area contributed by atoms with Crippen LogP contribution in [0.2, 0.25) is 0 Å². The zero-order valence-corrected chi connectivity index (χ0v) is 8.49. The van der Waals surface area contributed by atoms with Gasteiger partial charge in [-0.2, -0.15) is 5.26 Å². The fourth-order valence-electron chi connectivity index (χ4n) is 1.12. The number of hydrogen-bond acceptors (Lipinski definition) is 4. The Morgan fingerprint density at radius 3 is 2.75 bits per heavy atom. The van der Waals surface area contributed by atoms with Gasteiger partial charge in [-0.05, 0) is 12.1 Å². The summed E-state index contributed by atoms with van der Waals surface area (Å²) in [5, 5.41) is 8.68. The summed E-state index contributed by atoms with van der Waals surface area (Å²) in [5.41, 5.74) is -0.414. The molecule has 1 aromatic rings. The van der Waals surface area contributed by atoms with E-state index in [9.17, 15) is 14.0 Å². The van der Waals surface area contributed by atoms with Crippen LogP contribution in [0.15, 0.2) is 18.2 Å². The minimum atomic E-state index is -0.767. The summed E-state index contributed by atoms with van der Waals surface area (Å²) in [6, 6.07) is 5.31. The van der Waals surface area contributed by atoms with Crippen molar-refractivity contribution in [2.75, 3.05) is 6.61 Å². The summed E-state index contributed by atoms with van der Waals surface area (Å²) in [5.74, 6) is -1.98. The van der Waals surface area contributed by atoms with Crippen molar-refractivity contribution in [1.29, 1.82) is 5.26 Å². The first-order valence-electron chi connectivity index (χ1n) is 4.41. The highest BCUT2D eigenvalue weighted by Gasteiger charge is 2.15. The molecule has 82 valence electrons. The van der Waals surface area contributed by atoms with E-state index in [0.29, 0.717) is 0 Å². The Morgan fingerprint density at radius 2 is 2.19 bits per heavy atom. The van der Waals surface area contributed by atoms with Crippen molar-refractivity contribution < 1.29 is 18.7 Å². The standard InChI is InChI=1S/C11H8FNO3/c1-7(14)16-6-11(15)8-3-2-4-10(12)9(8)5-13/h2-4H,6H2,1H3. The van der Waals surface area contributed by atoms with Crippen LogP contribution >= 0.6 is 0 Å². The number of ether oxygens (including phenoxy) is 1. The number of Topliss-reactive ketones (excluding diaryl/α,β-unsaturated/α-hetero) is 1. The molecule has 1 aromatic carbocycles. The highest BCUT2D eigenvalue weighted by Crippen LogP contribution is 2.13. The van der Waals surface area contributed by atoms with E-state index in [1.807, 2.05) is 0 Å². The second-order valence-electron chi connectivity index (χ2n) is 2.98. The molecule has 0 N–H and O–H groups in total. The van der Waals surface area contributed by atoms with E-state index < -0.39 is 24.2 Å². The molecule has 0 aromatic heterocycles. The van der Waals surface area contributed by atoms with E-state index in [-0.39, 0.29) is 11.1 Å². The molecular weight excluding hydrogens is 213 g/mol. The molecule has 0 amide bonds. The quantitative estimate of drug-likeness (QED) is 0.572. The molecule has 0 saturated carbocycles. The van der Waals surface area contributed by atoms with E-state index in [2.05, 4.69) is 4.74 Å². The normalized spacial score (nSPS) is 9.31. The van der Waals surface area contributed by atoms with Crippen molar-refractivity contribution in [3.8, 4) is 6.07 Å². The third-order valence-electron chi connectivity index (χ3n) is 1.83. The predicted molar refractivity (Wildman–Crippen MR) is 52.1 cm³/mol. The molecule has 1 rings (SSSR count). The minimum Gasteiger partial charge on any atom is -0.457 e. The minimum absolute atomic E-state index is 0.0799. The number of nitriles is 1. The maximum Gasteiger partial charge on any atom is 0.303 e. The second-order valence-corrected chi connectivity index (χ2v) is 2.98. The first-order chi connectivity index (χ1) is 7.56. The maximum atomic E-state index is 13.1. The first kappa shape index (κ1) is 11.9. The number of halogens is 1. The Balaban J connectivity index is 2.96. The Morgan fingerprint density at radius 1 is 1.50 bits per heavy atom. The number of carbonyl (C=O) groups is 2. The Bertz CT molecular complexity index is 477. The summed E-state index contributed by atoms with van der Waals surface area (Å²) in [7, 11) is 0. The van der Waals surface area contributed by atoms with Gasteiger partial charge in [-0.25, -0.2) is 4.39 Å². The van der Waals surface area contributed by atoms with Gasteiger partial charge in [-0.1, -0.05) is 6.07 Å². The molecule has 0 fully saturated rings. The van der Waals surface area contributed by atoms with Gasteiger partial charge in [0.15, 0.2) is 6.61 Å². The molecule has 0 radical (unpaired) electrons. The smallest absolute Gasteiger partial charge is 0.303 e. The van der Waals surface area contributed by atoms with E-state index in [0.717, 1.165) is 13.0 Å². The van der Waals surface area contributed by atoms with Crippen LogP contribution in [-0.4, -0.2) is 18.4 Å². The van der Waals surface area contributed by atoms with Crippen molar-refractivity contribution >= 4 is 11.8 Å². The number of hydrogen-bond donors (Lipinski definition) is 0. The van der Waals surface area contributed by atoms with Gasteiger partial charge >= 0.3 is 5.97 Å². The largest absolute Gasteiger partial charge is 0.457 e. The maximum absolute atomic E-state index is 13.1. The van der Waals surface area contributed by atoms with E-state index in [1.165, 1.54) is 12.1 Å². The van der Waals surface area contributed by atoms with E-state index in [1.54, 1.807) is 6.07 Å². The molecule has 4 nitrogen and oxygen atoms in total. The van der Waals surface area contributed by atoms with Crippen LogP contribution in [0, 0.1) is 17.1 Å². The number of nitrogens with zero attached hydrogens (tertiary/aromatic N) is 1. The molecule has 16 heavy (non-hydrogen) atoms. The molecule has 0 aliphatic heterocycles. The average molecular weight is 221 g/mol. The molecule has 0 unspecified atom stereocenters. The summed E-state index contributed by atoms with van der Waals surface area (Å²) in [6.07, 6.45) is 0. The number of carbonyl (C=O) groups excluding carboxylic acids is 2. The van der Waals surface area contributed by atoms with Crippen LogP contribution in [0.5, 0.6) is 0 Å². The fourth-order valence-corrected chi connectivity index (χ4v) is 1.12. The summed E-state index contributed by atoms with van der Waals surface area (Å²) >= 11 is 0. The van der Waals surface area contributed by atoms with Crippen molar-refractivity contribution in [3.05, 3.63) is 35.1 Å². The third-order valence-corrected chi connectivity index (χ3v) is 1.83. The van der Waals surface area contributed by atoms with E-state index in [4.69, 9.17) is 5.26 Å². The van der Waals surface area contributed by atoms with Crippen LogP contribution in [0.1, 0.15) is 22.8 Å². The highest BCUT2D eigenvalue weighted by molar-refractivity contribution is 6.00. The van der Waals surface area contributed by atoms with Crippen LogP contribution < -0.4 is 0 Å². The zero-order chi connectivity index (χ0) is 12.1. The van der Waals surface area contributed by atoms with Crippen molar-refractivity contribution in [2.45, 2.75) is 6.92 Å². The third kappa shape index (κ3) is 2.64. The topological polar surface area (TPSA) is 67.2 Å². The molecule has 0 atom stereocenters. The van der Waals surface area contributed by atoms with Gasteiger partial charge in [-0.15, -0.1) is 0 Å². The Labute approximate surface area is 91.3 Å². The van der Waals surface area contributed by atoms with Gasteiger partial charge in [0.2, 0.25) is 5.78 Å². The average Bonchev–Trinajstić information content (AvgIpc) is 2.25. The van der Waals surface area contributed by atoms with Crippen molar-refractivity contribution in [3.63, 3.8) is 0 Å². The lowest BCUT2D eigenvalue weighted by Gasteiger charge is -2.03. The molecule has 0 bridgehead atoms. The molecule has 0 saturated heterocycles. The summed E-state index contributed by atoms with van der Waals surface area (Å²) in [4.78, 5) is 22.0. The molecule has 0 aliphatic rings. The van der Waals surface area contributed by atoms with Gasteiger partial charge in [0.1, 0.15) is 11.9 Å². The van der Waals surface area contributed by atoms with Gasteiger partial charge < -0.3 is 4.74 Å². The van der Waals surface area contributed by atoms with Crippen LogP contribution in [0.25, 0.3) is 0 Å². The summed E-state index contributed by atoms with van der Waals surface area (Å²) in [6.45, 7) is 0.664. The van der Waals surface area contributed by atoms with Gasteiger partial charge in [0.25, 0.3) is 0 Å². The lowest BCUT2D eigenvalue weighted by Crippen LogP contribution is -2.13. The highest BCUT2D eigenvalue weighted by atomic mass is 19.1. The summed E-state index contributed by atoms with van der Waals surface area (Å²) < 4.78 is 17.6. The molecule has 0 spiro atoms. The molecule has 0 heterocycles. The van der Waals surface area contributed by atoms with Gasteiger partial charge in [-0.3, -0.25) is 9.59 Å². The van der Waals surface area contributed by atoms with Crippen molar-refractivity contribution in [2.24, 2.45) is 0 Å². The SMILES string of the molecule is CC(=O)OCC(=O)c1cccc(F)c1C#N. The predicted octanol–water partition coefficient (Wildman–Crippen LogP) is 1.44. The monoisotopic (exact) mass is 221 g/mol. The molecule has 0 aliphatic carbocycles.